The van der Waals surface area contributed by atoms with E-state index in [1.807, 2.05) is 0 Å². The van der Waals surface area contributed by atoms with Crippen molar-refractivity contribution in [3.8, 4) is 0 Å². The van der Waals surface area contributed by atoms with Crippen LogP contribution in [0.3, 0.4) is 0 Å². The minimum atomic E-state index is -4.40. The highest BCUT2D eigenvalue weighted by Crippen LogP contribution is 2.33. The number of halogens is 4. The van der Waals surface area contributed by atoms with E-state index in [0.29, 0.717) is 10.0 Å². The van der Waals surface area contributed by atoms with Crippen LogP contribution in [0.4, 0.5) is 13.2 Å². The Morgan fingerprint density at radius 3 is 2.20 bits per heavy atom. The quantitative estimate of drug-likeness (QED) is 0.827. The summed E-state index contributed by atoms with van der Waals surface area (Å²) in [6, 6.07) is 3.24. The largest absolute Gasteiger partial charge is 0.416 e. The SMILES string of the molecule is C[C@@H](N[S@](=O)C(C)(C)C)c1cc(Br)cc(C(F)(F)F)c1. The van der Waals surface area contributed by atoms with E-state index < -0.39 is 33.5 Å². The molecule has 1 aromatic rings. The van der Waals surface area contributed by atoms with Gasteiger partial charge in [0, 0.05) is 10.5 Å². The lowest BCUT2D eigenvalue weighted by molar-refractivity contribution is -0.137. The first-order valence-electron chi connectivity index (χ1n) is 5.97. The Hall–Kier alpha value is -0.400. The van der Waals surface area contributed by atoms with Crippen LogP contribution in [0.5, 0.6) is 0 Å². The lowest BCUT2D eigenvalue weighted by Gasteiger charge is -2.22. The molecule has 20 heavy (non-hydrogen) atoms. The predicted octanol–water partition coefficient (Wildman–Crippen LogP) is 4.58. The smallest absolute Gasteiger partial charge is 0.242 e. The van der Waals surface area contributed by atoms with Gasteiger partial charge in [-0.25, -0.2) is 8.93 Å². The zero-order chi connectivity index (χ0) is 15.7. The second-order valence-corrected chi connectivity index (χ2v) is 8.41. The molecule has 2 atom stereocenters. The van der Waals surface area contributed by atoms with Crippen molar-refractivity contribution in [2.24, 2.45) is 0 Å². The van der Waals surface area contributed by atoms with E-state index in [2.05, 4.69) is 20.7 Å². The van der Waals surface area contributed by atoms with Gasteiger partial charge in [0.2, 0.25) is 0 Å². The number of nitrogens with one attached hydrogen (secondary N) is 1. The van der Waals surface area contributed by atoms with Crippen LogP contribution in [-0.4, -0.2) is 8.96 Å². The second kappa shape index (κ2) is 6.15. The van der Waals surface area contributed by atoms with Crippen molar-refractivity contribution >= 4 is 26.9 Å². The number of benzene rings is 1. The fourth-order valence-corrected chi connectivity index (χ4v) is 2.75. The Balaban J connectivity index is 3.02. The molecule has 0 amide bonds. The van der Waals surface area contributed by atoms with E-state index >= 15 is 0 Å². The molecule has 0 aliphatic rings. The lowest BCUT2D eigenvalue weighted by atomic mass is 10.1. The van der Waals surface area contributed by atoms with Crippen LogP contribution in [0.1, 0.15) is 44.9 Å². The monoisotopic (exact) mass is 371 g/mol. The van der Waals surface area contributed by atoms with E-state index in [-0.39, 0.29) is 0 Å². The first-order chi connectivity index (χ1) is 8.91. The normalized spacial score (nSPS) is 16.0. The van der Waals surface area contributed by atoms with Crippen LogP contribution >= 0.6 is 15.9 Å². The molecule has 0 radical (unpaired) electrons. The molecule has 0 unspecified atom stereocenters. The van der Waals surface area contributed by atoms with E-state index in [0.717, 1.165) is 12.1 Å². The fraction of sp³-hybridized carbons (Fsp3) is 0.538. The third-order valence-electron chi connectivity index (χ3n) is 2.59. The molecule has 0 heterocycles. The molecule has 0 saturated carbocycles. The van der Waals surface area contributed by atoms with Crippen molar-refractivity contribution in [1.82, 2.24) is 4.72 Å². The second-order valence-electron chi connectivity index (χ2n) is 5.49. The number of alkyl halides is 3. The van der Waals surface area contributed by atoms with Crippen molar-refractivity contribution < 1.29 is 17.4 Å². The average molecular weight is 372 g/mol. The molecule has 1 N–H and O–H groups in total. The summed E-state index contributed by atoms with van der Waals surface area (Å²) in [6.45, 7) is 7.08. The Morgan fingerprint density at radius 1 is 1.20 bits per heavy atom. The highest BCUT2D eigenvalue weighted by atomic mass is 79.9. The van der Waals surface area contributed by atoms with Crippen molar-refractivity contribution in [2.45, 2.75) is 44.7 Å². The Bertz CT molecular complexity index is 511. The summed E-state index contributed by atoms with van der Waals surface area (Å²) in [5.41, 5.74) is -0.290. The van der Waals surface area contributed by atoms with Gasteiger partial charge in [-0.3, -0.25) is 0 Å². The van der Waals surface area contributed by atoms with E-state index in [1.165, 1.54) is 0 Å². The van der Waals surface area contributed by atoms with Crippen molar-refractivity contribution in [1.29, 1.82) is 0 Å². The maximum Gasteiger partial charge on any atom is 0.416 e. The van der Waals surface area contributed by atoms with Gasteiger partial charge in [0.05, 0.1) is 21.3 Å². The van der Waals surface area contributed by atoms with E-state index in [9.17, 15) is 17.4 Å². The summed E-state index contributed by atoms with van der Waals surface area (Å²) >= 11 is 3.08. The molecule has 0 bridgehead atoms. The fourth-order valence-electron chi connectivity index (χ4n) is 1.43. The van der Waals surface area contributed by atoms with Gasteiger partial charge in [0.25, 0.3) is 0 Å². The Kier molecular flexibility index (Phi) is 5.43. The molecule has 0 aliphatic heterocycles. The summed E-state index contributed by atoms with van der Waals surface area (Å²) in [7, 11) is -1.35. The molecule has 0 spiro atoms. The van der Waals surface area contributed by atoms with Gasteiger partial charge in [0.1, 0.15) is 0 Å². The molecule has 0 aliphatic carbocycles. The molecule has 7 heteroatoms. The molecule has 2 nitrogen and oxygen atoms in total. The summed E-state index contributed by atoms with van der Waals surface area (Å²) < 4.78 is 53.0. The molecular weight excluding hydrogens is 355 g/mol. The molecule has 0 aromatic heterocycles. The molecule has 114 valence electrons. The first-order valence-corrected chi connectivity index (χ1v) is 7.91. The van der Waals surface area contributed by atoms with Crippen LogP contribution in [-0.2, 0) is 17.2 Å². The highest BCUT2D eigenvalue weighted by Gasteiger charge is 2.31. The van der Waals surface area contributed by atoms with Gasteiger partial charge in [-0.05, 0) is 51.5 Å². The minimum Gasteiger partial charge on any atom is -0.242 e. The maximum atomic E-state index is 12.8. The zero-order valence-corrected chi connectivity index (χ0v) is 14.0. The summed E-state index contributed by atoms with van der Waals surface area (Å²) in [5.74, 6) is 0. The molecule has 1 aromatic carbocycles. The summed E-state index contributed by atoms with van der Waals surface area (Å²) in [6.07, 6.45) is -4.40. The van der Waals surface area contributed by atoms with Gasteiger partial charge in [-0.2, -0.15) is 13.2 Å². The summed E-state index contributed by atoms with van der Waals surface area (Å²) in [5, 5.41) is 0. The van der Waals surface area contributed by atoms with Crippen molar-refractivity contribution in [3.05, 3.63) is 33.8 Å². The van der Waals surface area contributed by atoms with Crippen LogP contribution < -0.4 is 4.72 Å². The molecule has 0 fully saturated rings. The number of hydrogen-bond acceptors (Lipinski definition) is 1. The summed E-state index contributed by atoms with van der Waals surface area (Å²) in [4.78, 5) is 0. The number of rotatable bonds is 3. The van der Waals surface area contributed by atoms with Gasteiger partial charge < -0.3 is 0 Å². The first kappa shape index (κ1) is 17.7. The van der Waals surface area contributed by atoms with Crippen LogP contribution in [0.15, 0.2) is 22.7 Å². The Labute approximate surface area is 127 Å². The third-order valence-corrected chi connectivity index (χ3v) is 4.73. The van der Waals surface area contributed by atoms with Gasteiger partial charge in [-0.1, -0.05) is 15.9 Å². The minimum absolute atomic E-state index is 0.345. The van der Waals surface area contributed by atoms with Gasteiger partial charge >= 0.3 is 6.18 Å². The third kappa shape index (κ3) is 4.86. The van der Waals surface area contributed by atoms with Crippen molar-refractivity contribution in [2.75, 3.05) is 0 Å². The van der Waals surface area contributed by atoms with E-state index in [4.69, 9.17) is 0 Å². The average Bonchev–Trinajstić information content (AvgIpc) is 2.25. The van der Waals surface area contributed by atoms with Crippen LogP contribution in [0, 0.1) is 0 Å². The standard InChI is InChI=1S/C13H17BrF3NOS/c1-8(18-20(19)12(2,3)4)9-5-10(13(15,16)17)7-11(14)6-9/h5-8,18H,1-4H3/t8-,20-/m1/s1. The zero-order valence-electron chi connectivity index (χ0n) is 11.6. The number of hydrogen-bond donors (Lipinski definition) is 1. The predicted molar refractivity (Wildman–Crippen MR) is 78.6 cm³/mol. The van der Waals surface area contributed by atoms with Crippen LogP contribution in [0.2, 0.25) is 0 Å². The van der Waals surface area contributed by atoms with Gasteiger partial charge in [-0.15, -0.1) is 0 Å². The van der Waals surface area contributed by atoms with Gasteiger partial charge in [0.15, 0.2) is 0 Å². The highest BCUT2D eigenvalue weighted by molar-refractivity contribution is 9.10. The van der Waals surface area contributed by atoms with Crippen LogP contribution in [0.25, 0.3) is 0 Å². The maximum absolute atomic E-state index is 12.8. The topological polar surface area (TPSA) is 29.1 Å². The molecule has 1 rings (SSSR count). The van der Waals surface area contributed by atoms with Crippen molar-refractivity contribution in [3.63, 3.8) is 0 Å². The molecular formula is C13H17BrF3NOS. The lowest BCUT2D eigenvalue weighted by Crippen LogP contribution is -2.34. The van der Waals surface area contributed by atoms with E-state index in [1.54, 1.807) is 33.8 Å². The Morgan fingerprint density at radius 2 is 1.75 bits per heavy atom. The molecule has 0 saturated heterocycles.